The fourth-order valence-corrected chi connectivity index (χ4v) is 4.70. The number of benzene rings is 1. The van der Waals surface area contributed by atoms with Crippen molar-refractivity contribution in [2.75, 3.05) is 33.4 Å². The maximum absolute atomic E-state index is 12.8. The number of carbonyl (C=O) groups excluding carboxylic acids is 2. The molecule has 0 bridgehead atoms. The predicted molar refractivity (Wildman–Crippen MR) is 123 cm³/mol. The van der Waals surface area contributed by atoms with Crippen LogP contribution >= 0.6 is 11.3 Å². The van der Waals surface area contributed by atoms with Crippen LogP contribution in [0, 0.1) is 6.92 Å². The van der Waals surface area contributed by atoms with Gasteiger partial charge in [0.15, 0.2) is 0 Å². The van der Waals surface area contributed by atoms with E-state index < -0.39 is 6.04 Å². The van der Waals surface area contributed by atoms with Crippen LogP contribution in [0.4, 0.5) is 0 Å². The summed E-state index contributed by atoms with van der Waals surface area (Å²) in [6.07, 6.45) is 0.586. The molecule has 1 aromatic carbocycles. The molecule has 1 aliphatic rings. The first kappa shape index (κ1) is 23.4. The predicted octanol–water partition coefficient (Wildman–Crippen LogP) is 1.75. The van der Waals surface area contributed by atoms with Gasteiger partial charge in [0.1, 0.15) is 12.6 Å². The van der Waals surface area contributed by atoms with Gasteiger partial charge in [-0.05, 0) is 30.4 Å². The zero-order valence-electron chi connectivity index (χ0n) is 18.3. The maximum atomic E-state index is 12.8. The van der Waals surface area contributed by atoms with E-state index in [-0.39, 0.29) is 24.5 Å². The summed E-state index contributed by atoms with van der Waals surface area (Å²) < 4.78 is 5.06. The first-order valence-electron chi connectivity index (χ1n) is 10.6. The van der Waals surface area contributed by atoms with Crippen molar-refractivity contribution in [2.45, 2.75) is 38.5 Å². The SMILES string of the molecule is COCC(=O)N1CC(N(Cc2ccc(C)cc2)Cc2cccs2)CC1C(=O)NCCN. The van der Waals surface area contributed by atoms with E-state index >= 15 is 0 Å². The monoisotopic (exact) mass is 444 g/mol. The van der Waals surface area contributed by atoms with Crippen LogP contribution in [0.15, 0.2) is 41.8 Å². The molecular weight excluding hydrogens is 412 g/mol. The van der Waals surface area contributed by atoms with E-state index in [2.05, 4.69) is 58.9 Å². The van der Waals surface area contributed by atoms with Crippen LogP contribution in [0.5, 0.6) is 0 Å². The van der Waals surface area contributed by atoms with E-state index in [0.29, 0.717) is 26.1 Å². The number of ether oxygens (including phenoxy) is 1. The van der Waals surface area contributed by atoms with E-state index in [1.165, 1.54) is 23.1 Å². The topological polar surface area (TPSA) is 87.9 Å². The van der Waals surface area contributed by atoms with Gasteiger partial charge in [0.25, 0.3) is 0 Å². The van der Waals surface area contributed by atoms with E-state index in [1.54, 1.807) is 16.2 Å². The molecule has 1 saturated heterocycles. The molecule has 0 aliphatic carbocycles. The molecule has 2 atom stereocenters. The molecular formula is C23H32N4O3S. The average Bonchev–Trinajstić information content (AvgIpc) is 3.43. The number of carbonyl (C=O) groups is 2. The zero-order valence-corrected chi connectivity index (χ0v) is 19.1. The molecule has 8 heteroatoms. The van der Waals surface area contributed by atoms with Crippen molar-refractivity contribution in [3.05, 3.63) is 57.8 Å². The first-order chi connectivity index (χ1) is 15.0. The second kappa shape index (κ2) is 11.4. The molecule has 1 fully saturated rings. The van der Waals surface area contributed by atoms with Crippen molar-refractivity contribution in [2.24, 2.45) is 5.73 Å². The highest BCUT2D eigenvalue weighted by Gasteiger charge is 2.41. The Bertz CT molecular complexity index is 841. The molecule has 3 rings (SSSR count). The molecule has 2 aromatic rings. The molecule has 1 aliphatic heterocycles. The quantitative estimate of drug-likeness (QED) is 0.583. The lowest BCUT2D eigenvalue weighted by molar-refractivity contribution is -0.141. The molecule has 0 saturated carbocycles. The van der Waals surface area contributed by atoms with E-state index in [1.807, 2.05) is 0 Å². The fourth-order valence-electron chi connectivity index (χ4n) is 3.97. The molecule has 7 nitrogen and oxygen atoms in total. The Labute approximate surface area is 188 Å². The minimum Gasteiger partial charge on any atom is -0.375 e. The minimum atomic E-state index is -0.511. The molecule has 2 amide bonds. The number of rotatable bonds is 10. The van der Waals surface area contributed by atoms with Crippen molar-refractivity contribution in [3.8, 4) is 0 Å². The van der Waals surface area contributed by atoms with Gasteiger partial charge in [-0.1, -0.05) is 35.9 Å². The number of amides is 2. The number of nitrogens with two attached hydrogens (primary N) is 1. The van der Waals surface area contributed by atoms with Crippen LogP contribution in [0.2, 0.25) is 0 Å². The van der Waals surface area contributed by atoms with Gasteiger partial charge < -0.3 is 20.7 Å². The summed E-state index contributed by atoms with van der Waals surface area (Å²) in [5.41, 5.74) is 7.98. The molecule has 3 N–H and O–H groups in total. The van der Waals surface area contributed by atoms with Gasteiger partial charge in [-0.15, -0.1) is 11.3 Å². The van der Waals surface area contributed by atoms with E-state index in [9.17, 15) is 9.59 Å². The highest BCUT2D eigenvalue weighted by Crippen LogP contribution is 2.27. The smallest absolute Gasteiger partial charge is 0.249 e. The lowest BCUT2D eigenvalue weighted by Gasteiger charge is -2.28. The number of methoxy groups -OCH3 is 1. The number of thiophene rings is 1. The standard InChI is InChI=1S/C23H32N4O3S/c1-17-5-7-18(8-6-17)13-26(15-20-4-3-11-31-20)19-12-21(23(29)25-10-9-24)27(14-19)22(28)16-30-2/h3-8,11,19,21H,9-10,12-16,24H2,1-2H3,(H,25,29). The highest BCUT2D eigenvalue weighted by atomic mass is 32.1. The van der Waals surface area contributed by atoms with Gasteiger partial charge in [-0.25, -0.2) is 0 Å². The van der Waals surface area contributed by atoms with Crippen molar-refractivity contribution < 1.29 is 14.3 Å². The van der Waals surface area contributed by atoms with Crippen molar-refractivity contribution in [3.63, 3.8) is 0 Å². The number of hydrogen-bond donors (Lipinski definition) is 2. The van der Waals surface area contributed by atoms with Gasteiger partial charge >= 0.3 is 0 Å². The van der Waals surface area contributed by atoms with Gasteiger partial charge in [0.05, 0.1) is 0 Å². The number of likely N-dealkylation sites (tertiary alicyclic amines) is 1. The van der Waals surface area contributed by atoms with E-state index in [4.69, 9.17) is 10.5 Å². The number of aryl methyl sites for hydroxylation is 1. The number of nitrogens with one attached hydrogen (secondary N) is 1. The average molecular weight is 445 g/mol. The van der Waals surface area contributed by atoms with Crippen LogP contribution in [0.25, 0.3) is 0 Å². The largest absolute Gasteiger partial charge is 0.375 e. The van der Waals surface area contributed by atoms with Crippen LogP contribution < -0.4 is 11.1 Å². The second-order valence-corrected chi connectivity index (χ2v) is 8.97. The zero-order chi connectivity index (χ0) is 22.2. The molecule has 168 valence electrons. The van der Waals surface area contributed by atoms with Crippen molar-refractivity contribution in [1.29, 1.82) is 0 Å². The Morgan fingerprint density at radius 3 is 2.68 bits per heavy atom. The lowest BCUT2D eigenvalue weighted by Crippen LogP contribution is -2.48. The van der Waals surface area contributed by atoms with Crippen LogP contribution in [-0.2, 0) is 27.4 Å². The van der Waals surface area contributed by atoms with Gasteiger partial charge in [0, 0.05) is 50.8 Å². The molecule has 0 spiro atoms. The Morgan fingerprint density at radius 1 is 1.26 bits per heavy atom. The molecule has 31 heavy (non-hydrogen) atoms. The van der Waals surface area contributed by atoms with E-state index in [0.717, 1.165) is 13.1 Å². The van der Waals surface area contributed by atoms with Crippen molar-refractivity contribution in [1.82, 2.24) is 15.1 Å². The van der Waals surface area contributed by atoms with Gasteiger partial charge in [-0.2, -0.15) is 0 Å². The molecule has 2 unspecified atom stereocenters. The summed E-state index contributed by atoms with van der Waals surface area (Å²) in [7, 11) is 1.50. The second-order valence-electron chi connectivity index (χ2n) is 7.93. The van der Waals surface area contributed by atoms with Crippen molar-refractivity contribution >= 4 is 23.2 Å². The summed E-state index contributed by atoms with van der Waals surface area (Å²) >= 11 is 1.72. The third-order valence-corrected chi connectivity index (χ3v) is 6.44. The Balaban J connectivity index is 1.81. The Kier molecular flexibility index (Phi) is 8.60. The minimum absolute atomic E-state index is 0.0315. The Morgan fingerprint density at radius 2 is 2.03 bits per heavy atom. The maximum Gasteiger partial charge on any atom is 0.249 e. The first-order valence-corrected chi connectivity index (χ1v) is 11.5. The summed E-state index contributed by atoms with van der Waals surface area (Å²) in [5, 5.41) is 4.92. The Hall–Kier alpha value is -2.26. The van der Waals surface area contributed by atoms with Crippen LogP contribution in [0.3, 0.4) is 0 Å². The van der Waals surface area contributed by atoms with Crippen LogP contribution in [0.1, 0.15) is 22.4 Å². The lowest BCUT2D eigenvalue weighted by atomic mass is 10.1. The summed E-state index contributed by atoms with van der Waals surface area (Å²) in [4.78, 5) is 30.8. The summed E-state index contributed by atoms with van der Waals surface area (Å²) in [6, 6.07) is 12.3. The van der Waals surface area contributed by atoms with Gasteiger partial charge in [-0.3, -0.25) is 14.5 Å². The molecule has 0 radical (unpaired) electrons. The van der Waals surface area contributed by atoms with Crippen LogP contribution in [-0.4, -0.2) is 67.0 Å². The number of nitrogens with zero attached hydrogens (tertiary/aromatic N) is 2. The number of hydrogen-bond acceptors (Lipinski definition) is 6. The molecule has 1 aromatic heterocycles. The summed E-state index contributed by atoms with van der Waals surface area (Å²) in [6.45, 7) is 4.84. The fraction of sp³-hybridized carbons (Fsp3) is 0.478. The third-order valence-electron chi connectivity index (χ3n) is 5.58. The normalized spacial score (nSPS) is 18.5. The third kappa shape index (κ3) is 6.36. The molecule has 2 heterocycles. The highest BCUT2D eigenvalue weighted by molar-refractivity contribution is 7.09. The summed E-state index contributed by atoms with van der Waals surface area (Å²) in [5.74, 6) is -0.312. The van der Waals surface area contributed by atoms with Gasteiger partial charge in [0.2, 0.25) is 11.8 Å².